The molecule has 0 radical (unpaired) electrons. The van der Waals surface area contributed by atoms with Crippen LogP contribution in [-0.4, -0.2) is 34.7 Å². The molecule has 0 unspecified atom stereocenters. The number of carbonyl (C=O) groups excluding carboxylic acids is 2. The molecule has 0 fully saturated rings. The minimum absolute atomic E-state index is 0.0864. The molecule has 0 saturated heterocycles. The summed E-state index contributed by atoms with van der Waals surface area (Å²) in [5, 5.41) is 13.6. The Hall–Kier alpha value is -2.44. The Morgan fingerprint density at radius 3 is 2.12 bits per heavy atom. The van der Waals surface area contributed by atoms with Gasteiger partial charge in [0.2, 0.25) is 5.91 Å². The van der Waals surface area contributed by atoms with E-state index in [4.69, 9.17) is 0 Å². The molecule has 7 heteroatoms. The van der Waals surface area contributed by atoms with E-state index in [0.29, 0.717) is 24.9 Å². The van der Waals surface area contributed by atoms with Crippen LogP contribution in [0.1, 0.15) is 45.0 Å². The number of nitro benzene ring substituents is 1. The number of nitro groups is 1. The van der Waals surface area contributed by atoms with Gasteiger partial charge >= 0.3 is 0 Å². The lowest BCUT2D eigenvalue weighted by atomic mass is 10.1. The van der Waals surface area contributed by atoms with Gasteiger partial charge in [-0.25, -0.2) is 0 Å². The Balaban J connectivity index is 3.18. The average Bonchev–Trinajstić information content (AvgIpc) is 2.44. The van der Waals surface area contributed by atoms with Crippen molar-refractivity contribution < 1.29 is 14.5 Å². The van der Waals surface area contributed by atoms with Crippen LogP contribution in [0.4, 0.5) is 11.4 Å². The van der Waals surface area contributed by atoms with Gasteiger partial charge in [-0.05, 0) is 24.0 Å². The highest BCUT2D eigenvalue weighted by molar-refractivity contribution is 5.97. The van der Waals surface area contributed by atoms with Gasteiger partial charge in [0.1, 0.15) is 5.69 Å². The molecular formula is C17H25N3O4. The predicted octanol–water partition coefficient (Wildman–Crippen LogP) is 3.31. The third kappa shape index (κ3) is 5.64. The zero-order chi connectivity index (χ0) is 18.4. The fourth-order valence-electron chi connectivity index (χ4n) is 2.42. The van der Waals surface area contributed by atoms with Crippen LogP contribution >= 0.6 is 0 Å². The topological polar surface area (TPSA) is 92.6 Å². The Bertz CT molecular complexity index is 616. The van der Waals surface area contributed by atoms with Crippen molar-refractivity contribution in [3.05, 3.63) is 33.9 Å². The first kappa shape index (κ1) is 19.6. The minimum Gasteiger partial charge on any atom is -0.338 e. The lowest BCUT2D eigenvalue weighted by molar-refractivity contribution is -0.384. The maximum atomic E-state index is 12.7. The molecule has 0 spiro atoms. The summed E-state index contributed by atoms with van der Waals surface area (Å²) in [6.07, 6.45) is 0. The van der Waals surface area contributed by atoms with Crippen LogP contribution in [0.3, 0.4) is 0 Å². The van der Waals surface area contributed by atoms with Crippen molar-refractivity contribution in [1.29, 1.82) is 0 Å². The van der Waals surface area contributed by atoms with E-state index in [1.54, 1.807) is 4.90 Å². The summed E-state index contributed by atoms with van der Waals surface area (Å²) in [4.78, 5) is 36.2. The Kier molecular flexibility index (Phi) is 6.88. The minimum atomic E-state index is -0.600. The van der Waals surface area contributed by atoms with Crippen LogP contribution in [0.5, 0.6) is 0 Å². The number of hydrogen-bond acceptors (Lipinski definition) is 4. The van der Waals surface area contributed by atoms with Crippen LogP contribution in [0, 0.1) is 22.0 Å². The largest absolute Gasteiger partial charge is 0.338 e. The molecule has 0 aliphatic rings. The van der Waals surface area contributed by atoms with Crippen LogP contribution in [0.2, 0.25) is 0 Å². The Labute approximate surface area is 142 Å². The number of nitrogens with one attached hydrogen (secondary N) is 1. The SMILES string of the molecule is CC(=O)Nc1ccc(C(=O)N(CC(C)C)CC(C)C)cc1[N+](=O)[O-]. The summed E-state index contributed by atoms with van der Waals surface area (Å²) < 4.78 is 0. The molecule has 0 aliphatic heterocycles. The standard InChI is InChI=1S/C17H25N3O4/c1-11(2)9-19(10-12(3)4)17(22)14-6-7-15(18-13(5)21)16(8-14)20(23)24/h6-8,11-12H,9-10H2,1-5H3,(H,18,21). The Morgan fingerprint density at radius 2 is 1.71 bits per heavy atom. The summed E-state index contributed by atoms with van der Waals surface area (Å²) in [6.45, 7) is 10.5. The van der Waals surface area contributed by atoms with E-state index < -0.39 is 10.8 Å². The van der Waals surface area contributed by atoms with Gasteiger partial charge in [0.25, 0.3) is 11.6 Å². The number of rotatable bonds is 7. The van der Waals surface area contributed by atoms with Gasteiger partial charge in [0.15, 0.2) is 0 Å². The average molecular weight is 335 g/mol. The lowest BCUT2D eigenvalue weighted by Crippen LogP contribution is -2.37. The van der Waals surface area contributed by atoms with E-state index in [1.165, 1.54) is 25.1 Å². The van der Waals surface area contributed by atoms with Crippen molar-refractivity contribution in [2.45, 2.75) is 34.6 Å². The van der Waals surface area contributed by atoms with E-state index in [1.807, 2.05) is 27.7 Å². The normalized spacial score (nSPS) is 10.8. The highest BCUT2D eigenvalue weighted by Gasteiger charge is 2.22. The highest BCUT2D eigenvalue weighted by Crippen LogP contribution is 2.26. The second kappa shape index (κ2) is 8.42. The van der Waals surface area contributed by atoms with Crippen molar-refractivity contribution in [1.82, 2.24) is 4.90 Å². The molecule has 0 aromatic heterocycles. The van der Waals surface area contributed by atoms with Crippen LogP contribution in [0.25, 0.3) is 0 Å². The fraction of sp³-hybridized carbons (Fsp3) is 0.529. The first-order valence-corrected chi connectivity index (χ1v) is 7.97. The predicted molar refractivity (Wildman–Crippen MR) is 93.0 cm³/mol. The first-order valence-electron chi connectivity index (χ1n) is 7.97. The van der Waals surface area contributed by atoms with Crippen molar-refractivity contribution in [2.75, 3.05) is 18.4 Å². The van der Waals surface area contributed by atoms with E-state index in [-0.39, 0.29) is 22.8 Å². The molecule has 132 valence electrons. The highest BCUT2D eigenvalue weighted by atomic mass is 16.6. The molecule has 1 aromatic rings. The van der Waals surface area contributed by atoms with E-state index in [0.717, 1.165) is 0 Å². The summed E-state index contributed by atoms with van der Waals surface area (Å²) in [5.74, 6) is -0.0593. The van der Waals surface area contributed by atoms with Gasteiger partial charge in [0, 0.05) is 31.6 Å². The summed E-state index contributed by atoms with van der Waals surface area (Å²) in [6, 6.07) is 4.13. The maximum absolute atomic E-state index is 12.7. The smallest absolute Gasteiger partial charge is 0.293 e. The molecule has 7 nitrogen and oxygen atoms in total. The van der Waals surface area contributed by atoms with E-state index >= 15 is 0 Å². The molecule has 24 heavy (non-hydrogen) atoms. The van der Waals surface area contributed by atoms with Crippen molar-refractivity contribution >= 4 is 23.2 Å². The van der Waals surface area contributed by atoms with Gasteiger partial charge in [-0.1, -0.05) is 27.7 Å². The summed E-state index contributed by atoms with van der Waals surface area (Å²) in [5.41, 5.74) is 0.0468. The molecule has 2 amide bonds. The molecular weight excluding hydrogens is 310 g/mol. The summed E-state index contributed by atoms with van der Waals surface area (Å²) >= 11 is 0. The van der Waals surface area contributed by atoms with Gasteiger partial charge in [-0.2, -0.15) is 0 Å². The van der Waals surface area contributed by atoms with E-state index in [9.17, 15) is 19.7 Å². The van der Waals surface area contributed by atoms with Crippen LogP contribution < -0.4 is 5.32 Å². The third-order valence-electron chi connectivity index (χ3n) is 3.21. The van der Waals surface area contributed by atoms with Crippen LogP contribution in [0.15, 0.2) is 18.2 Å². The number of benzene rings is 1. The van der Waals surface area contributed by atoms with Gasteiger partial charge in [0.05, 0.1) is 4.92 Å². The molecule has 0 heterocycles. The number of amides is 2. The van der Waals surface area contributed by atoms with E-state index in [2.05, 4.69) is 5.32 Å². The molecule has 1 aromatic carbocycles. The Morgan fingerprint density at radius 1 is 1.17 bits per heavy atom. The lowest BCUT2D eigenvalue weighted by Gasteiger charge is -2.26. The van der Waals surface area contributed by atoms with Crippen molar-refractivity contribution in [2.24, 2.45) is 11.8 Å². The van der Waals surface area contributed by atoms with Crippen molar-refractivity contribution in [3.8, 4) is 0 Å². The zero-order valence-electron chi connectivity index (χ0n) is 14.8. The zero-order valence-corrected chi connectivity index (χ0v) is 14.8. The van der Waals surface area contributed by atoms with Gasteiger partial charge in [-0.15, -0.1) is 0 Å². The third-order valence-corrected chi connectivity index (χ3v) is 3.21. The summed E-state index contributed by atoms with van der Waals surface area (Å²) in [7, 11) is 0. The number of anilines is 1. The first-order chi connectivity index (χ1) is 11.1. The number of nitrogens with zero attached hydrogens (tertiary/aromatic N) is 2. The molecule has 0 aliphatic carbocycles. The van der Waals surface area contributed by atoms with Crippen LogP contribution in [-0.2, 0) is 4.79 Å². The molecule has 0 atom stereocenters. The molecule has 0 bridgehead atoms. The second-order valence-corrected chi connectivity index (χ2v) is 6.67. The molecule has 0 saturated carbocycles. The molecule has 1 rings (SSSR count). The number of hydrogen-bond donors (Lipinski definition) is 1. The van der Waals surface area contributed by atoms with Crippen molar-refractivity contribution in [3.63, 3.8) is 0 Å². The molecule has 1 N–H and O–H groups in total. The number of carbonyl (C=O) groups is 2. The fourth-order valence-corrected chi connectivity index (χ4v) is 2.42. The monoisotopic (exact) mass is 335 g/mol. The quantitative estimate of drug-likeness (QED) is 0.611. The van der Waals surface area contributed by atoms with Gasteiger partial charge < -0.3 is 10.2 Å². The van der Waals surface area contributed by atoms with Gasteiger partial charge in [-0.3, -0.25) is 19.7 Å². The maximum Gasteiger partial charge on any atom is 0.293 e. The second-order valence-electron chi connectivity index (χ2n) is 6.67.